The Bertz CT molecular complexity index is 946. The number of aryl methyl sites for hydroxylation is 2. The largest absolute Gasteiger partial charge is 0.479 e. The van der Waals surface area contributed by atoms with Gasteiger partial charge in [0, 0.05) is 20.2 Å². The maximum Gasteiger partial charge on any atom is 0.330 e. The highest BCUT2D eigenvalue weighted by Crippen LogP contribution is 2.20. The van der Waals surface area contributed by atoms with E-state index in [2.05, 4.69) is 5.32 Å². The standard InChI is InChI=1S/C17H20N2O6S/c1-10-5-6-12(7-11(10)2)15(17(21)22)18-16(20)13-8-14(25-9-13)26(23,24)19(3)4/h5-9,15H,1-4H3,(H,18,20)(H,21,22). The van der Waals surface area contributed by atoms with Crippen LogP contribution in [0.1, 0.15) is 33.1 Å². The van der Waals surface area contributed by atoms with E-state index in [-0.39, 0.29) is 5.56 Å². The van der Waals surface area contributed by atoms with Gasteiger partial charge in [0.1, 0.15) is 6.26 Å². The van der Waals surface area contributed by atoms with Crippen molar-refractivity contribution >= 4 is 21.9 Å². The molecule has 0 aliphatic rings. The van der Waals surface area contributed by atoms with Crippen molar-refractivity contribution in [3.05, 3.63) is 52.8 Å². The SMILES string of the molecule is Cc1ccc(C(NC(=O)c2coc(S(=O)(=O)N(C)C)c2)C(=O)O)cc1C. The minimum atomic E-state index is -3.83. The average molecular weight is 380 g/mol. The summed E-state index contributed by atoms with van der Waals surface area (Å²) in [4.78, 5) is 23.9. The number of carbonyl (C=O) groups is 2. The summed E-state index contributed by atoms with van der Waals surface area (Å²) in [6, 6.07) is 4.87. The van der Waals surface area contributed by atoms with E-state index in [0.717, 1.165) is 27.8 Å². The van der Waals surface area contributed by atoms with E-state index in [0.29, 0.717) is 5.56 Å². The van der Waals surface area contributed by atoms with Gasteiger partial charge in [0.15, 0.2) is 6.04 Å². The zero-order valence-corrected chi connectivity index (χ0v) is 15.6. The monoisotopic (exact) mass is 380 g/mol. The van der Waals surface area contributed by atoms with Gasteiger partial charge in [0.25, 0.3) is 15.9 Å². The number of hydrogen-bond acceptors (Lipinski definition) is 5. The molecule has 1 aromatic carbocycles. The molecule has 1 unspecified atom stereocenters. The Morgan fingerprint density at radius 3 is 2.35 bits per heavy atom. The maximum atomic E-state index is 12.4. The van der Waals surface area contributed by atoms with Crippen molar-refractivity contribution < 1.29 is 27.5 Å². The molecule has 1 atom stereocenters. The predicted molar refractivity (Wildman–Crippen MR) is 93.3 cm³/mol. The first-order valence-corrected chi connectivity index (χ1v) is 9.10. The van der Waals surface area contributed by atoms with E-state index in [1.807, 2.05) is 13.8 Å². The average Bonchev–Trinajstić information content (AvgIpc) is 3.05. The zero-order valence-electron chi connectivity index (χ0n) is 14.8. The molecule has 1 amide bonds. The Labute approximate surface area is 151 Å². The normalized spacial score (nSPS) is 12.8. The summed E-state index contributed by atoms with van der Waals surface area (Å²) in [7, 11) is -1.16. The van der Waals surface area contributed by atoms with Crippen LogP contribution < -0.4 is 5.32 Å². The Kier molecular flexibility index (Phi) is 5.53. The number of nitrogens with one attached hydrogen (secondary N) is 1. The number of benzene rings is 1. The number of rotatable bonds is 6. The number of hydrogen-bond donors (Lipinski definition) is 2. The van der Waals surface area contributed by atoms with E-state index in [1.165, 1.54) is 14.1 Å². The van der Waals surface area contributed by atoms with E-state index < -0.39 is 33.0 Å². The van der Waals surface area contributed by atoms with Crippen LogP contribution in [0.25, 0.3) is 0 Å². The van der Waals surface area contributed by atoms with Gasteiger partial charge in [-0.2, -0.15) is 0 Å². The minimum Gasteiger partial charge on any atom is -0.479 e. The third-order valence-corrected chi connectivity index (χ3v) is 5.64. The number of furan rings is 1. The molecule has 9 heteroatoms. The summed E-state index contributed by atoms with van der Waals surface area (Å²) in [6.45, 7) is 3.74. The van der Waals surface area contributed by atoms with E-state index in [9.17, 15) is 23.1 Å². The topological polar surface area (TPSA) is 117 Å². The van der Waals surface area contributed by atoms with Crippen LogP contribution in [0.5, 0.6) is 0 Å². The Balaban J connectivity index is 2.27. The Morgan fingerprint density at radius 2 is 1.81 bits per heavy atom. The molecule has 2 rings (SSSR count). The summed E-state index contributed by atoms with van der Waals surface area (Å²) in [5.41, 5.74) is 2.22. The number of carboxylic acids is 1. The Morgan fingerprint density at radius 1 is 1.15 bits per heavy atom. The van der Waals surface area contributed by atoms with Gasteiger partial charge in [-0.25, -0.2) is 17.5 Å². The first kappa shape index (κ1) is 19.7. The van der Waals surface area contributed by atoms with E-state index in [4.69, 9.17) is 4.42 Å². The van der Waals surface area contributed by atoms with Crippen LogP contribution in [0.2, 0.25) is 0 Å². The molecule has 1 aromatic heterocycles. The van der Waals surface area contributed by atoms with Crippen molar-refractivity contribution in [3.8, 4) is 0 Å². The molecule has 0 radical (unpaired) electrons. The van der Waals surface area contributed by atoms with Gasteiger partial charge in [-0.3, -0.25) is 4.79 Å². The number of amides is 1. The lowest BCUT2D eigenvalue weighted by atomic mass is 10.0. The van der Waals surface area contributed by atoms with Crippen molar-refractivity contribution in [2.24, 2.45) is 0 Å². The molecule has 0 fully saturated rings. The number of aliphatic carboxylic acids is 1. The minimum absolute atomic E-state index is 0.0829. The lowest BCUT2D eigenvalue weighted by molar-refractivity contribution is -0.139. The first-order chi connectivity index (χ1) is 12.0. The van der Waals surface area contributed by atoms with Crippen molar-refractivity contribution in [2.75, 3.05) is 14.1 Å². The molecule has 1 heterocycles. The van der Waals surface area contributed by atoms with E-state index >= 15 is 0 Å². The van der Waals surface area contributed by atoms with Crippen molar-refractivity contribution in [1.29, 1.82) is 0 Å². The molecule has 26 heavy (non-hydrogen) atoms. The highest BCUT2D eigenvalue weighted by molar-refractivity contribution is 7.88. The number of carboxylic acid groups (broad SMARTS) is 1. The smallest absolute Gasteiger partial charge is 0.330 e. The van der Waals surface area contributed by atoms with Crippen LogP contribution >= 0.6 is 0 Å². The highest BCUT2D eigenvalue weighted by Gasteiger charge is 2.27. The fourth-order valence-corrected chi connectivity index (χ4v) is 3.00. The third-order valence-electron chi connectivity index (χ3n) is 3.96. The maximum absolute atomic E-state index is 12.4. The van der Waals surface area contributed by atoms with Crippen LogP contribution in [-0.2, 0) is 14.8 Å². The van der Waals surface area contributed by atoms with Crippen LogP contribution in [0.15, 0.2) is 40.0 Å². The molecule has 0 saturated carbocycles. The molecule has 2 aromatic rings. The molecule has 140 valence electrons. The van der Waals surface area contributed by atoms with Gasteiger partial charge in [-0.15, -0.1) is 0 Å². The van der Waals surface area contributed by atoms with Gasteiger partial charge in [-0.1, -0.05) is 18.2 Å². The lowest BCUT2D eigenvalue weighted by Crippen LogP contribution is -2.33. The first-order valence-electron chi connectivity index (χ1n) is 7.66. The quantitative estimate of drug-likeness (QED) is 0.788. The lowest BCUT2D eigenvalue weighted by Gasteiger charge is -2.15. The number of nitrogens with zero attached hydrogens (tertiary/aromatic N) is 1. The van der Waals surface area contributed by atoms with Gasteiger partial charge >= 0.3 is 5.97 Å². The molecule has 2 N–H and O–H groups in total. The summed E-state index contributed by atoms with van der Waals surface area (Å²) in [5.74, 6) is -1.98. The number of carbonyl (C=O) groups excluding carboxylic acids is 1. The van der Waals surface area contributed by atoms with Crippen molar-refractivity contribution in [3.63, 3.8) is 0 Å². The van der Waals surface area contributed by atoms with Crippen LogP contribution in [0.3, 0.4) is 0 Å². The van der Waals surface area contributed by atoms with Gasteiger partial charge in [0.2, 0.25) is 5.09 Å². The molecular weight excluding hydrogens is 360 g/mol. The van der Waals surface area contributed by atoms with Crippen LogP contribution in [0.4, 0.5) is 0 Å². The third kappa shape index (κ3) is 3.94. The van der Waals surface area contributed by atoms with Crippen molar-refractivity contribution in [2.45, 2.75) is 25.0 Å². The van der Waals surface area contributed by atoms with Crippen LogP contribution in [0, 0.1) is 13.8 Å². The van der Waals surface area contributed by atoms with Crippen LogP contribution in [-0.4, -0.2) is 43.8 Å². The van der Waals surface area contributed by atoms with Gasteiger partial charge in [0.05, 0.1) is 5.56 Å². The Hall–Kier alpha value is -2.65. The summed E-state index contributed by atoms with van der Waals surface area (Å²) in [5, 5.41) is 11.4. The predicted octanol–water partition coefficient (Wildman–Crippen LogP) is 1.70. The fourth-order valence-electron chi connectivity index (χ4n) is 2.20. The summed E-state index contributed by atoms with van der Waals surface area (Å²) < 4.78 is 29.9. The molecule has 8 nitrogen and oxygen atoms in total. The molecular formula is C17H20N2O6S. The number of sulfonamides is 1. The molecule has 0 bridgehead atoms. The summed E-state index contributed by atoms with van der Waals surface area (Å²) in [6.07, 6.45) is 0.977. The molecule has 0 aliphatic carbocycles. The van der Waals surface area contributed by atoms with Crippen molar-refractivity contribution in [1.82, 2.24) is 9.62 Å². The fraction of sp³-hybridized carbons (Fsp3) is 0.294. The highest BCUT2D eigenvalue weighted by atomic mass is 32.2. The molecule has 0 spiro atoms. The second-order valence-corrected chi connectivity index (χ2v) is 8.11. The molecule has 0 saturated heterocycles. The van der Waals surface area contributed by atoms with Gasteiger partial charge in [-0.05, 0) is 30.5 Å². The summed E-state index contributed by atoms with van der Waals surface area (Å²) >= 11 is 0. The van der Waals surface area contributed by atoms with Gasteiger partial charge < -0.3 is 14.8 Å². The second kappa shape index (κ2) is 7.30. The molecule has 0 aliphatic heterocycles. The second-order valence-electron chi connectivity index (χ2n) is 6.03. The zero-order chi connectivity index (χ0) is 19.6. The van der Waals surface area contributed by atoms with E-state index in [1.54, 1.807) is 18.2 Å².